The molecule has 3 heterocycles. The van der Waals surface area contributed by atoms with Gasteiger partial charge >= 0.3 is 0 Å². The van der Waals surface area contributed by atoms with Crippen LogP contribution < -0.4 is 5.32 Å². The van der Waals surface area contributed by atoms with Crippen LogP contribution in [0.3, 0.4) is 0 Å². The molecule has 146 valence electrons. The molecule has 1 saturated heterocycles. The zero-order valence-electron chi connectivity index (χ0n) is 16.2. The highest BCUT2D eigenvalue weighted by Crippen LogP contribution is 2.33. The number of aromatic nitrogens is 2. The highest BCUT2D eigenvalue weighted by atomic mass is 16.2. The van der Waals surface area contributed by atoms with E-state index < -0.39 is 0 Å². The number of carbonyl (C=O) groups is 1. The molecule has 6 heteroatoms. The smallest absolute Gasteiger partial charge is 0.226 e. The third kappa shape index (κ3) is 3.74. The molecule has 0 radical (unpaired) electrons. The minimum atomic E-state index is 0.273. The van der Waals surface area contributed by atoms with Crippen LogP contribution in [-0.2, 0) is 24.3 Å². The van der Waals surface area contributed by atoms with Crippen LogP contribution in [0.15, 0.2) is 36.7 Å². The SMILES string of the molecule is O=C(C1CC1)N1CCc2c(ncnc2N[C@@H]2CCN(Cc3ccccc3)C2)C1. The topological polar surface area (TPSA) is 61.4 Å². The second-order valence-electron chi connectivity index (χ2n) is 8.28. The number of carbonyl (C=O) groups excluding carboxylic acids is 1. The van der Waals surface area contributed by atoms with Gasteiger partial charge < -0.3 is 10.2 Å². The molecular formula is C22H27N5O. The predicted molar refractivity (Wildman–Crippen MR) is 108 cm³/mol. The van der Waals surface area contributed by atoms with Gasteiger partial charge in [0.2, 0.25) is 5.91 Å². The Bertz CT molecular complexity index is 851. The van der Waals surface area contributed by atoms with Gasteiger partial charge in [0.1, 0.15) is 12.1 Å². The van der Waals surface area contributed by atoms with E-state index in [9.17, 15) is 4.79 Å². The molecule has 0 unspecified atom stereocenters. The Morgan fingerprint density at radius 2 is 1.96 bits per heavy atom. The van der Waals surface area contributed by atoms with Crippen molar-refractivity contribution in [2.75, 3.05) is 25.0 Å². The molecule has 3 aliphatic rings. The van der Waals surface area contributed by atoms with Gasteiger partial charge in [-0.2, -0.15) is 0 Å². The van der Waals surface area contributed by atoms with Crippen LogP contribution in [0.1, 0.15) is 36.1 Å². The van der Waals surface area contributed by atoms with Crippen LogP contribution in [0.4, 0.5) is 5.82 Å². The molecule has 0 spiro atoms. The lowest BCUT2D eigenvalue weighted by Gasteiger charge is -2.29. The van der Waals surface area contributed by atoms with Crippen LogP contribution >= 0.6 is 0 Å². The molecule has 6 nitrogen and oxygen atoms in total. The van der Waals surface area contributed by atoms with Gasteiger partial charge in [0.25, 0.3) is 0 Å². The van der Waals surface area contributed by atoms with Crippen molar-refractivity contribution >= 4 is 11.7 Å². The van der Waals surface area contributed by atoms with Crippen molar-refractivity contribution in [3.05, 3.63) is 53.5 Å². The zero-order chi connectivity index (χ0) is 18.9. The summed E-state index contributed by atoms with van der Waals surface area (Å²) in [5.74, 6) is 1.55. The fourth-order valence-corrected chi connectivity index (χ4v) is 4.38. The number of hydrogen-bond acceptors (Lipinski definition) is 5. The van der Waals surface area contributed by atoms with E-state index in [1.165, 1.54) is 11.1 Å². The summed E-state index contributed by atoms with van der Waals surface area (Å²) in [5.41, 5.74) is 3.57. The van der Waals surface area contributed by atoms with Gasteiger partial charge in [-0.3, -0.25) is 9.69 Å². The molecule has 2 aromatic rings. The average Bonchev–Trinajstić information content (AvgIpc) is 3.49. The fourth-order valence-electron chi connectivity index (χ4n) is 4.38. The minimum Gasteiger partial charge on any atom is -0.366 e. The molecule has 1 atom stereocenters. The number of nitrogens with one attached hydrogen (secondary N) is 1. The lowest BCUT2D eigenvalue weighted by Crippen LogP contribution is -2.38. The first-order valence-electron chi connectivity index (χ1n) is 10.4. The van der Waals surface area contributed by atoms with Crippen molar-refractivity contribution in [3.63, 3.8) is 0 Å². The summed E-state index contributed by atoms with van der Waals surface area (Å²) in [5, 5.41) is 3.67. The Labute approximate surface area is 166 Å². The summed E-state index contributed by atoms with van der Waals surface area (Å²) in [7, 11) is 0. The van der Waals surface area contributed by atoms with Crippen LogP contribution in [-0.4, -0.2) is 51.4 Å². The molecule has 2 aliphatic heterocycles. The average molecular weight is 377 g/mol. The number of amides is 1. The highest BCUT2D eigenvalue weighted by molar-refractivity contribution is 5.81. The summed E-state index contributed by atoms with van der Waals surface area (Å²) in [6.45, 7) is 4.55. The quantitative estimate of drug-likeness (QED) is 0.867. The summed E-state index contributed by atoms with van der Waals surface area (Å²) >= 11 is 0. The second-order valence-corrected chi connectivity index (χ2v) is 8.28. The molecular weight excluding hydrogens is 350 g/mol. The van der Waals surface area contributed by atoms with Crippen molar-refractivity contribution in [2.24, 2.45) is 5.92 Å². The van der Waals surface area contributed by atoms with Crippen molar-refractivity contribution in [3.8, 4) is 0 Å². The van der Waals surface area contributed by atoms with Crippen LogP contribution in [0.5, 0.6) is 0 Å². The minimum absolute atomic E-state index is 0.273. The maximum atomic E-state index is 12.4. The summed E-state index contributed by atoms with van der Waals surface area (Å²) in [6, 6.07) is 11.1. The monoisotopic (exact) mass is 377 g/mol. The van der Waals surface area contributed by atoms with E-state index >= 15 is 0 Å². The lowest BCUT2D eigenvalue weighted by molar-refractivity contribution is -0.133. The highest BCUT2D eigenvalue weighted by Gasteiger charge is 2.35. The van der Waals surface area contributed by atoms with Crippen LogP contribution in [0.2, 0.25) is 0 Å². The van der Waals surface area contributed by atoms with E-state index in [1.807, 2.05) is 4.90 Å². The normalized spacial score (nSPS) is 22.1. The Kier molecular flexibility index (Phi) is 4.72. The number of hydrogen-bond donors (Lipinski definition) is 1. The number of rotatable bonds is 5. The Morgan fingerprint density at radius 3 is 2.79 bits per heavy atom. The van der Waals surface area contributed by atoms with Crippen molar-refractivity contribution in [1.29, 1.82) is 0 Å². The first-order chi connectivity index (χ1) is 13.8. The van der Waals surface area contributed by atoms with E-state index in [2.05, 4.69) is 50.5 Å². The third-order valence-electron chi connectivity index (χ3n) is 6.11. The first kappa shape index (κ1) is 17.6. The number of fused-ring (bicyclic) bond motifs is 1. The molecule has 2 fully saturated rings. The largest absolute Gasteiger partial charge is 0.366 e. The Morgan fingerprint density at radius 1 is 1.11 bits per heavy atom. The summed E-state index contributed by atoms with van der Waals surface area (Å²) in [4.78, 5) is 25.9. The zero-order valence-corrected chi connectivity index (χ0v) is 16.2. The standard InChI is InChI=1S/C22H27N5O/c28-22(17-6-7-17)27-11-9-19-20(14-27)23-15-24-21(19)25-18-8-10-26(13-18)12-16-4-2-1-3-5-16/h1-5,15,17-18H,6-14H2,(H,23,24,25)/t18-/m1/s1. The van der Waals surface area contributed by atoms with E-state index in [0.717, 1.165) is 63.4 Å². The molecule has 1 N–H and O–H groups in total. The lowest BCUT2D eigenvalue weighted by atomic mass is 10.0. The van der Waals surface area contributed by atoms with Gasteiger partial charge in [0, 0.05) is 43.7 Å². The van der Waals surface area contributed by atoms with Gasteiger partial charge in [-0.1, -0.05) is 30.3 Å². The third-order valence-corrected chi connectivity index (χ3v) is 6.11. The molecule has 1 aromatic heterocycles. The molecule has 1 saturated carbocycles. The summed E-state index contributed by atoms with van der Waals surface area (Å²) in [6.07, 6.45) is 5.72. The first-order valence-corrected chi connectivity index (χ1v) is 10.4. The van der Waals surface area contributed by atoms with Gasteiger partial charge in [-0.05, 0) is 31.2 Å². The molecule has 28 heavy (non-hydrogen) atoms. The van der Waals surface area contributed by atoms with Gasteiger partial charge in [0.15, 0.2) is 0 Å². The molecule has 1 aliphatic carbocycles. The Balaban J connectivity index is 1.22. The maximum Gasteiger partial charge on any atom is 0.226 e. The number of nitrogens with zero attached hydrogens (tertiary/aromatic N) is 4. The van der Waals surface area contributed by atoms with Gasteiger partial charge in [-0.15, -0.1) is 0 Å². The molecule has 1 amide bonds. The molecule has 0 bridgehead atoms. The summed E-state index contributed by atoms with van der Waals surface area (Å²) < 4.78 is 0. The van der Waals surface area contributed by atoms with Crippen molar-refractivity contribution < 1.29 is 4.79 Å². The molecule has 1 aromatic carbocycles. The van der Waals surface area contributed by atoms with Crippen molar-refractivity contribution in [1.82, 2.24) is 19.8 Å². The fraction of sp³-hybridized carbons (Fsp3) is 0.500. The van der Waals surface area contributed by atoms with Gasteiger partial charge in [0.05, 0.1) is 12.2 Å². The number of anilines is 1. The van der Waals surface area contributed by atoms with E-state index in [-0.39, 0.29) is 5.92 Å². The van der Waals surface area contributed by atoms with E-state index in [0.29, 0.717) is 18.5 Å². The van der Waals surface area contributed by atoms with Crippen molar-refractivity contribution in [2.45, 2.75) is 44.8 Å². The number of benzene rings is 1. The van der Waals surface area contributed by atoms with E-state index in [1.54, 1.807) is 6.33 Å². The second kappa shape index (κ2) is 7.51. The maximum absolute atomic E-state index is 12.4. The van der Waals surface area contributed by atoms with Crippen LogP contribution in [0, 0.1) is 5.92 Å². The van der Waals surface area contributed by atoms with E-state index in [4.69, 9.17) is 0 Å². The molecule has 5 rings (SSSR count). The van der Waals surface area contributed by atoms with Gasteiger partial charge in [-0.25, -0.2) is 9.97 Å². The predicted octanol–water partition coefficient (Wildman–Crippen LogP) is 2.46. The van der Waals surface area contributed by atoms with Crippen LogP contribution in [0.25, 0.3) is 0 Å². The Hall–Kier alpha value is -2.47. The number of likely N-dealkylation sites (tertiary alicyclic amines) is 1.